The van der Waals surface area contributed by atoms with E-state index >= 15 is 0 Å². The van der Waals surface area contributed by atoms with Gasteiger partial charge in [-0.1, -0.05) is 44.4 Å². The van der Waals surface area contributed by atoms with E-state index in [4.69, 9.17) is 0 Å². The fraction of sp³-hybridized carbons (Fsp3) is 0.923. The Morgan fingerprint density at radius 1 is 1.31 bits per heavy atom. The number of hydrogen-bond donors (Lipinski definition) is 1. The standard InChI is InChI=1S/C13H24N2S/c1-2-3-6-9-14-13-15-12-8-5-4-7-11(12)10-16-13/h11-12H,2-10H2,1H3,(H,14,15). The predicted molar refractivity (Wildman–Crippen MR) is 73.2 cm³/mol. The minimum atomic E-state index is 0.736. The average molecular weight is 240 g/mol. The number of hydrogen-bond acceptors (Lipinski definition) is 2. The van der Waals surface area contributed by atoms with Crippen molar-refractivity contribution in [2.24, 2.45) is 10.9 Å². The van der Waals surface area contributed by atoms with Crippen LogP contribution in [0, 0.1) is 5.92 Å². The molecule has 2 aliphatic rings. The molecule has 2 unspecified atom stereocenters. The van der Waals surface area contributed by atoms with Crippen LogP contribution in [0.3, 0.4) is 0 Å². The number of fused-ring (bicyclic) bond motifs is 1. The molecule has 1 aliphatic carbocycles. The van der Waals surface area contributed by atoms with Crippen molar-refractivity contribution in [2.75, 3.05) is 12.3 Å². The minimum absolute atomic E-state index is 0.736. The van der Waals surface area contributed by atoms with Gasteiger partial charge in [-0.05, 0) is 25.2 Å². The van der Waals surface area contributed by atoms with Gasteiger partial charge < -0.3 is 5.32 Å². The van der Waals surface area contributed by atoms with Gasteiger partial charge in [0.05, 0.1) is 0 Å². The molecule has 3 heteroatoms. The summed E-state index contributed by atoms with van der Waals surface area (Å²) in [6.07, 6.45) is 9.47. The first kappa shape index (κ1) is 12.3. The third-order valence-corrected chi connectivity index (χ3v) is 4.78. The maximum absolute atomic E-state index is 4.68. The molecule has 0 aromatic heterocycles. The molecular weight excluding hydrogens is 216 g/mol. The summed E-state index contributed by atoms with van der Waals surface area (Å²) in [5.74, 6) is 2.21. The van der Waals surface area contributed by atoms with Crippen molar-refractivity contribution in [3.05, 3.63) is 0 Å². The lowest BCUT2D eigenvalue weighted by Crippen LogP contribution is -2.46. The van der Waals surface area contributed by atoms with Gasteiger partial charge in [-0.3, -0.25) is 4.99 Å². The molecule has 0 aromatic carbocycles. The molecule has 2 atom stereocenters. The van der Waals surface area contributed by atoms with Gasteiger partial charge >= 0.3 is 0 Å². The second-order valence-corrected chi connectivity index (χ2v) is 6.01. The molecule has 0 spiro atoms. The van der Waals surface area contributed by atoms with Gasteiger partial charge in [0.2, 0.25) is 0 Å². The van der Waals surface area contributed by atoms with Crippen molar-refractivity contribution in [3.8, 4) is 0 Å². The van der Waals surface area contributed by atoms with Crippen LogP contribution >= 0.6 is 11.8 Å². The van der Waals surface area contributed by atoms with Crippen molar-refractivity contribution in [1.29, 1.82) is 0 Å². The molecule has 0 aromatic rings. The maximum Gasteiger partial charge on any atom is 0.156 e. The largest absolute Gasteiger partial charge is 0.362 e. The molecule has 92 valence electrons. The second-order valence-electron chi connectivity index (χ2n) is 5.00. The number of amidine groups is 1. The normalized spacial score (nSPS) is 32.2. The summed E-state index contributed by atoms with van der Waals surface area (Å²) in [5, 5.41) is 4.87. The third kappa shape index (κ3) is 3.41. The molecule has 2 fully saturated rings. The highest BCUT2D eigenvalue weighted by Crippen LogP contribution is 2.31. The van der Waals surface area contributed by atoms with Crippen molar-refractivity contribution < 1.29 is 0 Å². The van der Waals surface area contributed by atoms with Gasteiger partial charge in [0, 0.05) is 18.3 Å². The SMILES string of the molecule is CCCCCN=C1NC2CCCCC2CS1. The summed E-state index contributed by atoms with van der Waals surface area (Å²) < 4.78 is 0. The highest BCUT2D eigenvalue weighted by molar-refractivity contribution is 8.13. The zero-order valence-electron chi connectivity index (χ0n) is 10.4. The van der Waals surface area contributed by atoms with E-state index in [0.29, 0.717) is 0 Å². The molecule has 1 saturated carbocycles. The quantitative estimate of drug-likeness (QED) is 0.761. The lowest BCUT2D eigenvalue weighted by Gasteiger charge is -2.36. The highest BCUT2D eigenvalue weighted by Gasteiger charge is 2.29. The first-order valence-electron chi connectivity index (χ1n) is 6.84. The molecule has 16 heavy (non-hydrogen) atoms. The Bertz CT molecular complexity index is 240. The summed E-state index contributed by atoms with van der Waals surface area (Å²) in [7, 11) is 0. The van der Waals surface area contributed by atoms with Crippen LogP contribution in [0.5, 0.6) is 0 Å². The number of rotatable bonds is 4. The van der Waals surface area contributed by atoms with Gasteiger partial charge in [-0.25, -0.2) is 0 Å². The van der Waals surface area contributed by atoms with E-state index in [2.05, 4.69) is 17.2 Å². The topological polar surface area (TPSA) is 24.4 Å². The maximum atomic E-state index is 4.68. The van der Waals surface area contributed by atoms with E-state index in [-0.39, 0.29) is 0 Å². The second kappa shape index (κ2) is 6.53. The Labute approximate surface area is 104 Å². The number of nitrogens with zero attached hydrogens (tertiary/aromatic N) is 1. The number of aliphatic imine (C=N–C) groups is 1. The van der Waals surface area contributed by atoms with Crippen LogP contribution in [-0.4, -0.2) is 23.5 Å². The van der Waals surface area contributed by atoms with Crippen LogP contribution in [0.15, 0.2) is 4.99 Å². The van der Waals surface area contributed by atoms with Crippen LogP contribution < -0.4 is 5.32 Å². The fourth-order valence-electron chi connectivity index (χ4n) is 2.62. The number of unbranched alkanes of at least 4 members (excludes halogenated alkanes) is 2. The van der Waals surface area contributed by atoms with E-state index in [0.717, 1.165) is 18.5 Å². The first-order valence-corrected chi connectivity index (χ1v) is 7.82. The first-order chi connectivity index (χ1) is 7.90. The molecule has 1 aliphatic heterocycles. The zero-order chi connectivity index (χ0) is 11.2. The molecule has 0 radical (unpaired) electrons. The zero-order valence-corrected chi connectivity index (χ0v) is 11.2. The van der Waals surface area contributed by atoms with Gasteiger partial charge in [-0.2, -0.15) is 0 Å². The number of nitrogens with one attached hydrogen (secondary N) is 1. The van der Waals surface area contributed by atoms with Crippen LogP contribution in [0.4, 0.5) is 0 Å². The van der Waals surface area contributed by atoms with Crippen molar-refractivity contribution in [3.63, 3.8) is 0 Å². The van der Waals surface area contributed by atoms with Crippen molar-refractivity contribution in [2.45, 2.75) is 57.9 Å². The molecule has 1 saturated heterocycles. The summed E-state index contributed by atoms with van der Waals surface area (Å²) in [6.45, 7) is 3.26. The average Bonchev–Trinajstić information content (AvgIpc) is 2.34. The van der Waals surface area contributed by atoms with E-state index in [1.54, 1.807) is 0 Å². The third-order valence-electron chi connectivity index (χ3n) is 3.67. The highest BCUT2D eigenvalue weighted by atomic mass is 32.2. The Balaban J connectivity index is 1.75. The molecular formula is C13H24N2S. The van der Waals surface area contributed by atoms with E-state index in [1.807, 2.05) is 11.8 Å². The van der Waals surface area contributed by atoms with Crippen molar-refractivity contribution >= 4 is 16.9 Å². The van der Waals surface area contributed by atoms with E-state index < -0.39 is 0 Å². The van der Waals surface area contributed by atoms with Crippen LogP contribution in [-0.2, 0) is 0 Å². The number of thioether (sulfide) groups is 1. The van der Waals surface area contributed by atoms with Gasteiger partial charge in [0.1, 0.15) is 0 Å². The summed E-state index contributed by atoms with van der Waals surface area (Å²) in [6, 6.07) is 0.736. The van der Waals surface area contributed by atoms with E-state index in [9.17, 15) is 0 Å². The molecule has 0 bridgehead atoms. The van der Waals surface area contributed by atoms with Gasteiger partial charge in [0.15, 0.2) is 5.17 Å². The Kier molecular flexibility index (Phi) is 5.01. The smallest absolute Gasteiger partial charge is 0.156 e. The van der Waals surface area contributed by atoms with Gasteiger partial charge in [-0.15, -0.1) is 0 Å². The van der Waals surface area contributed by atoms with Crippen LogP contribution in [0.25, 0.3) is 0 Å². The molecule has 2 nitrogen and oxygen atoms in total. The van der Waals surface area contributed by atoms with Crippen LogP contribution in [0.2, 0.25) is 0 Å². The lowest BCUT2D eigenvalue weighted by atomic mass is 9.86. The lowest BCUT2D eigenvalue weighted by molar-refractivity contribution is 0.311. The summed E-state index contributed by atoms with van der Waals surface area (Å²) in [4.78, 5) is 4.68. The summed E-state index contributed by atoms with van der Waals surface area (Å²) in [5.41, 5.74) is 0. The Morgan fingerprint density at radius 2 is 2.19 bits per heavy atom. The minimum Gasteiger partial charge on any atom is -0.362 e. The van der Waals surface area contributed by atoms with Crippen LogP contribution in [0.1, 0.15) is 51.9 Å². The van der Waals surface area contributed by atoms with E-state index in [1.165, 1.54) is 55.9 Å². The fourth-order valence-corrected chi connectivity index (χ4v) is 3.81. The van der Waals surface area contributed by atoms with Crippen molar-refractivity contribution in [1.82, 2.24) is 5.32 Å². The molecule has 0 amide bonds. The molecule has 1 heterocycles. The summed E-state index contributed by atoms with van der Waals surface area (Å²) >= 11 is 1.95. The Hall–Kier alpha value is -0.180. The molecule has 2 rings (SSSR count). The predicted octanol–water partition coefficient (Wildman–Crippen LogP) is 3.43. The monoisotopic (exact) mass is 240 g/mol. The molecule has 1 N–H and O–H groups in total. The van der Waals surface area contributed by atoms with Gasteiger partial charge in [0.25, 0.3) is 0 Å². The Morgan fingerprint density at radius 3 is 3.06 bits per heavy atom.